The van der Waals surface area contributed by atoms with Crippen molar-refractivity contribution in [1.29, 1.82) is 0 Å². The van der Waals surface area contributed by atoms with E-state index in [9.17, 15) is 4.79 Å². The van der Waals surface area contributed by atoms with Gasteiger partial charge >= 0.3 is 0 Å². The van der Waals surface area contributed by atoms with Crippen LogP contribution in [0.3, 0.4) is 0 Å². The minimum Gasteiger partial charge on any atom is -0.497 e. The number of carbonyl (C=O) groups is 1. The van der Waals surface area contributed by atoms with Gasteiger partial charge in [-0.15, -0.1) is 0 Å². The van der Waals surface area contributed by atoms with Crippen LogP contribution >= 0.6 is 0 Å². The first-order valence-electron chi connectivity index (χ1n) is 7.75. The van der Waals surface area contributed by atoms with E-state index < -0.39 is 0 Å². The molecule has 2 aromatic rings. The lowest BCUT2D eigenvalue weighted by Gasteiger charge is -2.39. The van der Waals surface area contributed by atoms with Gasteiger partial charge in [0, 0.05) is 43.3 Å². The van der Waals surface area contributed by atoms with E-state index in [1.807, 2.05) is 47.5 Å². The number of piperazine rings is 1. The zero-order valence-corrected chi connectivity index (χ0v) is 13.5. The first-order valence-corrected chi connectivity index (χ1v) is 7.75. The van der Waals surface area contributed by atoms with Gasteiger partial charge in [0.05, 0.1) is 13.7 Å². The van der Waals surface area contributed by atoms with Gasteiger partial charge in [0.1, 0.15) is 5.75 Å². The molecular formula is C18H21N3O2. The van der Waals surface area contributed by atoms with Crippen molar-refractivity contribution < 1.29 is 9.53 Å². The summed E-state index contributed by atoms with van der Waals surface area (Å²) >= 11 is 0. The van der Waals surface area contributed by atoms with Gasteiger partial charge in [-0.2, -0.15) is 0 Å². The van der Waals surface area contributed by atoms with Gasteiger partial charge in [-0.3, -0.25) is 14.7 Å². The summed E-state index contributed by atoms with van der Waals surface area (Å²) in [6, 6.07) is 11.7. The number of anilines is 1. The molecule has 5 nitrogen and oxygen atoms in total. The van der Waals surface area contributed by atoms with E-state index in [-0.39, 0.29) is 11.9 Å². The monoisotopic (exact) mass is 311 g/mol. The highest BCUT2D eigenvalue weighted by molar-refractivity contribution is 5.96. The summed E-state index contributed by atoms with van der Waals surface area (Å²) in [6.07, 6.45) is 3.61. The van der Waals surface area contributed by atoms with E-state index in [1.54, 1.807) is 13.3 Å². The van der Waals surface area contributed by atoms with Crippen LogP contribution in [0.4, 0.5) is 5.69 Å². The van der Waals surface area contributed by atoms with Gasteiger partial charge < -0.3 is 9.64 Å². The van der Waals surface area contributed by atoms with Crippen molar-refractivity contribution in [2.45, 2.75) is 19.5 Å². The molecular weight excluding hydrogens is 290 g/mol. The van der Waals surface area contributed by atoms with E-state index in [2.05, 4.69) is 16.8 Å². The second kappa shape index (κ2) is 6.79. The first kappa shape index (κ1) is 15.5. The van der Waals surface area contributed by atoms with Crippen LogP contribution in [0.2, 0.25) is 0 Å². The van der Waals surface area contributed by atoms with E-state index in [0.29, 0.717) is 6.54 Å². The summed E-state index contributed by atoms with van der Waals surface area (Å²) in [6.45, 7) is 4.07. The Morgan fingerprint density at radius 3 is 2.87 bits per heavy atom. The summed E-state index contributed by atoms with van der Waals surface area (Å²) in [4.78, 5) is 20.8. The van der Waals surface area contributed by atoms with Crippen molar-refractivity contribution in [3.8, 4) is 5.75 Å². The Labute approximate surface area is 136 Å². The number of amides is 1. The number of carbonyl (C=O) groups excluding carboxylic acids is 1. The third-order valence-corrected chi connectivity index (χ3v) is 4.05. The average molecular weight is 311 g/mol. The largest absolute Gasteiger partial charge is 0.497 e. The van der Waals surface area contributed by atoms with E-state index in [0.717, 1.165) is 30.1 Å². The fraction of sp³-hybridized carbons (Fsp3) is 0.333. The second-order valence-corrected chi connectivity index (χ2v) is 5.85. The lowest BCUT2D eigenvalue weighted by atomic mass is 10.1. The van der Waals surface area contributed by atoms with Crippen LogP contribution in [0, 0.1) is 0 Å². The predicted octanol–water partition coefficient (Wildman–Crippen LogP) is 2.33. The number of pyridine rings is 1. The van der Waals surface area contributed by atoms with Crippen molar-refractivity contribution in [2.24, 2.45) is 0 Å². The van der Waals surface area contributed by atoms with Gasteiger partial charge in [0.15, 0.2) is 0 Å². The molecule has 1 aromatic carbocycles. The zero-order chi connectivity index (χ0) is 16.2. The molecule has 1 aromatic heterocycles. The second-order valence-electron chi connectivity index (χ2n) is 5.85. The van der Waals surface area contributed by atoms with Crippen LogP contribution in [0.25, 0.3) is 0 Å². The summed E-state index contributed by atoms with van der Waals surface area (Å²) in [7, 11) is 1.64. The van der Waals surface area contributed by atoms with Crippen molar-refractivity contribution in [3.63, 3.8) is 0 Å². The molecule has 0 aliphatic carbocycles. The fourth-order valence-corrected chi connectivity index (χ4v) is 3.06. The molecule has 1 aliphatic rings. The van der Waals surface area contributed by atoms with Crippen molar-refractivity contribution in [2.75, 3.05) is 25.1 Å². The van der Waals surface area contributed by atoms with E-state index >= 15 is 0 Å². The first-order chi connectivity index (χ1) is 11.2. The summed E-state index contributed by atoms with van der Waals surface area (Å²) in [5.74, 6) is 0.876. The van der Waals surface area contributed by atoms with Crippen LogP contribution in [-0.4, -0.2) is 42.0 Å². The minimum atomic E-state index is 0.111. The fourth-order valence-electron chi connectivity index (χ4n) is 3.06. The summed E-state index contributed by atoms with van der Waals surface area (Å²) < 4.78 is 5.26. The number of hydrogen-bond acceptors (Lipinski definition) is 4. The predicted molar refractivity (Wildman–Crippen MR) is 89.5 cm³/mol. The number of nitrogens with zero attached hydrogens (tertiary/aromatic N) is 3. The smallest absolute Gasteiger partial charge is 0.241 e. The van der Waals surface area contributed by atoms with Crippen LogP contribution in [0.5, 0.6) is 5.75 Å². The van der Waals surface area contributed by atoms with Crippen LogP contribution in [0.15, 0.2) is 48.8 Å². The van der Waals surface area contributed by atoms with Crippen molar-refractivity contribution in [3.05, 3.63) is 54.4 Å². The zero-order valence-electron chi connectivity index (χ0n) is 13.5. The molecule has 1 fully saturated rings. The maximum absolute atomic E-state index is 12.6. The van der Waals surface area contributed by atoms with Crippen LogP contribution < -0.4 is 9.64 Å². The van der Waals surface area contributed by atoms with Crippen molar-refractivity contribution in [1.82, 2.24) is 9.88 Å². The number of hydrogen-bond donors (Lipinski definition) is 0. The standard InChI is InChI=1S/C18H21N3O2/c1-14-11-20(12-15-5-4-8-19-10-15)13-18(22)21(14)16-6-3-7-17(9-16)23-2/h3-10,14H,11-13H2,1-2H3. The Morgan fingerprint density at radius 2 is 2.17 bits per heavy atom. The van der Waals surface area contributed by atoms with Gasteiger partial charge in [0.2, 0.25) is 5.91 Å². The Balaban J connectivity index is 1.73. The molecule has 5 heteroatoms. The van der Waals surface area contributed by atoms with E-state index in [4.69, 9.17) is 4.74 Å². The molecule has 0 spiro atoms. The molecule has 120 valence electrons. The Kier molecular flexibility index (Phi) is 4.57. The Morgan fingerprint density at radius 1 is 1.30 bits per heavy atom. The molecule has 2 heterocycles. The molecule has 1 saturated heterocycles. The molecule has 0 saturated carbocycles. The lowest BCUT2D eigenvalue weighted by Crippen LogP contribution is -2.55. The molecule has 0 bridgehead atoms. The average Bonchev–Trinajstić information content (AvgIpc) is 2.55. The molecule has 1 atom stereocenters. The molecule has 1 aliphatic heterocycles. The maximum Gasteiger partial charge on any atom is 0.241 e. The topological polar surface area (TPSA) is 45.7 Å². The number of rotatable bonds is 4. The minimum absolute atomic E-state index is 0.111. The highest BCUT2D eigenvalue weighted by atomic mass is 16.5. The highest BCUT2D eigenvalue weighted by Gasteiger charge is 2.30. The van der Waals surface area contributed by atoms with Gasteiger partial charge in [-0.25, -0.2) is 0 Å². The Bertz CT molecular complexity index is 675. The lowest BCUT2D eigenvalue weighted by molar-refractivity contribution is -0.122. The number of ether oxygens (including phenoxy) is 1. The quantitative estimate of drug-likeness (QED) is 0.869. The Hall–Kier alpha value is -2.40. The highest BCUT2D eigenvalue weighted by Crippen LogP contribution is 2.25. The molecule has 23 heavy (non-hydrogen) atoms. The SMILES string of the molecule is COc1cccc(N2C(=O)CN(Cc3cccnc3)CC2C)c1. The normalized spacial score (nSPS) is 19.0. The third-order valence-electron chi connectivity index (χ3n) is 4.05. The van der Waals surface area contributed by atoms with Gasteiger partial charge in [0.25, 0.3) is 0 Å². The third kappa shape index (κ3) is 3.51. The van der Waals surface area contributed by atoms with E-state index in [1.165, 1.54) is 0 Å². The molecule has 0 N–H and O–H groups in total. The molecule has 3 rings (SSSR count). The van der Waals surface area contributed by atoms with Gasteiger partial charge in [-0.05, 0) is 30.7 Å². The summed E-state index contributed by atoms with van der Waals surface area (Å²) in [5.41, 5.74) is 2.02. The molecule has 0 radical (unpaired) electrons. The number of aromatic nitrogens is 1. The van der Waals surface area contributed by atoms with Crippen LogP contribution in [-0.2, 0) is 11.3 Å². The summed E-state index contributed by atoms with van der Waals surface area (Å²) in [5, 5.41) is 0. The van der Waals surface area contributed by atoms with Gasteiger partial charge in [-0.1, -0.05) is 12.1 Å². The molecule has 1 unspecified atom stereocenters. The van der Waals surface area contributed by atoms with Crippen molar-refractivity contribution >= 4 is 11.6 Å². The number of benzene rings is 1. The molecule has 1 amide bonds. The maximum atomic E-state index is 12.6. The van der Waals surface area contributed by atoms with Crippen LogP contribution in [0.1, 0.15) is 12.5 Å². The number of methoxy groups -OCH3 is 1.